The number of anilines is 1. The van der Waals surface area contributed by atoms with E-state index in [0.717, 1.165) is 44.3 Å². The minimum atomic E-state index is 0.297. The molecule has 0 amide bonds. The molecule has 0 saturated heterocycles. The van der Waals surface area contributed by atoms with Crippen LogP contribution < -0.4 is 16.0 Å². The molecule has 0 bridgehead atoms. The van der Waals surface area contributed by atoms with Crippen LogP contribution in [0.2, 0.25) is 0 Å². The Balaban J connectivity index is 1.31. The van der Waals surface area contributed by atoms with Crippen LogP contribution in [0.1, 0.15) is 31.2 Å². The molecule has 0 spiro atoms. The maximum Gasteiger partial charge on any atom is 0.191 e. The fourth-order valence-electron chi connectivity index (χ4n) is 3.12. The van der Waals surface area contributed by atoms with E-state index in [2.05, 4.69) is 56.3 Å². The minimum Gasteiger partial charge on any atom is -0.370 e. The average Bonchev–Trinajstić information content (AvgIpc) is 3.49. The van der Waals surface area contributed by atoms with Crippen LogP contribution in [-0.2, 0) is 5.41 Å². The fraction of sp³-hybridized carbons (Fsp3) is 0.429. The normalized spacial score (nSPS) is 15.3. The van der Waals surface area contributed by atoms with Crippen molar-refractivity contribution < 1.29 is 0 Å². The van der Waals surface area contributed by atoms with Crippen molar-refractivity contribution in [3.63, 3.8) is 0 Å². The SMILES string of the molecule is CN=C(NCCCCNc1ccccn1)NCC1(c2ccccc2)CC1. The highest BCUT2D eigenvalue weighted by Crippen LogP contribution is 2.47. The summed E-state index contributed by atoms with van der Waals surface area (Å²) in [5.41, 5.74) is 1.73. The Morgan fingerprint density at radius 2 is 1.77 bits per heavy atom. The summed E-state index contributed by atoms with van der Waals surface area (Å²) in [5, 5.41) is 10.2. The predicted molar refractivity (Wildman–Crippen MR) is 109 cm³/mol. The lowest BCUT2D eigenvalue weighted by molar-refractivity contribution is 0.639. The summed E-state index contributed by atoms with van der Waals surface area (Å²) < 4.78 is 0. The van der Waals surface area contributed by atoms with Gasteiger partial charge >= 0.3 is 0 Å². The quantitative estimate of drug-likeness (QED) is 0.369. The summed E-state index contributed by atoms with van der Waals surface area (Å²) in [6, 6.07) is 16.7. The van der Waals surface area contributed by atoms with Crippen molar-refractivity contribution in [2.24, 2.45) is 4.99 Å². The van der Waals surface area contributed by atoms with Gasteiger partial charge in [-0.05, 0) is 43.4 Å². The van der Waals surface area contributed by atoms with Crippen molar-refractivity contribution in [3.05, 3.63) is 60.3 Å². The van der Waals surface area contributed by atoms with Gasteiger partial charge < -0.3 is 16.0 Å². The van der Waals surface area contributed by atoms with Gasteiger partial charge in [-0.2, -0.15) is 0 Å². The molecular formula is C21H29N5. The Morgan fingerprint density at radius 3 is 2.46 bits per heavy atom. The highest BCUT2D eigenvalue weighted by atomic mass is 15.2. The largest absolute Gasteiger partial charge is 0.370 e. The Labute approximate surface area is 156 Å². The van der Waals surface area contributed by atoms with E-state index in [1.165, 1.54) is 18.4 Å². The first kappa shape index (κ1) is 18.2. The number of aromatic nitrogens is 1. The smallest absolute Gasteiger partial charge is 0.191 e. The third kappa shape index (κ3) is 5.22. The molecule has 1 aromatic carbocycles. The summed E-state index contributed by atoms with van der Waals surface area (Å²) in [5.74, 6) is 1.83. The number of nitrogens with one attached hydrogen (secondary N) is 3. The first-order valence-electron chi connectivity index (χ1n) is 9.47. The first-order chi connectivity index (χ1) is 12.8. The minimum absolute atomic E-state index is 0.297. The van der Waals surface area contributed by atoms with E-state index in [9.17, 15) is 0 Å². The molecule has 26 heavy (non-hydrogen) atoms. The average molecular weight is 351 g/mol. The van der Waals surface area contributed by atoms with Crippen LogP contribution in [0.3, 0.4) is 0 Å². The fourth-order valence-corrected chi connectivity index (χ4v) is 3.12. The van der Waals surface area contributed by atoms with E-state index >= 15 is 0 Å². The van der Waals surface area contributed by atoms with Crippen LogP contribution in [0.5, 0.6) is 0 Å². The molecule has 0 aliphatic heterocycles. The van der Waals surface area contributed by atoms with Crippen LogP contribution in [0.4, 0.5) is 5.82 Å². The Hall–Kier alpha value is -2.56. The molecule has 1 fully saturated rings. The van der Waals surface area contributed by atoms with Gasteiger partial charge in [-0.15, -0.1) is 0 Å². The molecule has 0 unspecified atom stereocenters. The second-order valence-corrected chi connectivity index (χ2v) is 6.85. The van der Waals surface area contributed by atoms with E-state index in [1.54, 1.807) is 0 Å². The molecule has 138 valence electrons. The van der Waals surface area contributed by atoms with Crippen LogP contribution in [-0.4, -0.2) is 37.6 Å². The lowest BCUT2D eigenvalue weighted by atomic mass is 9.96. The third-order valence-corrected chi connectivity index (χ3v) is 4.92. The number of aliphatic imine (C=N–C) groups is 1. The standard InChI is InChI=1S/C21H29N5/c1-22-20(25-16-8-7-15-24-19-11-5-6-14-23-19)26-17-21(12-13-21)18-9-3-2-4-10-18/h2-6,9-11,14H,7-8,12-13,15-17H2,1H3,(H,23,24)(H2,22,25,26). The zero-order chi connectivity index (χ0) is 18.1. The van der Waals surface area contributed by atoms with Gasteiger partial charge in [-0.1, -0.05) is 36.4 Å². The number of pyridine rings is 1. The number of unbranched alkanes of at least 4 members (excludes halogenated alkanes) is 1. The molecule has 5 heteroatoms. The van der Waals surface area contributed by atoms with E-state index in [1.807, 2.05) is 31.4 Å². The van der Waals surface area contributed by atoms with E-state index in [-0.39, 0.29) is 0 Å². The number of rotatable bonds is 9. The van der Waals surface area contributed by atoms with Crippen molar-refractivity contribution >= 4 is 11.8 Å². The van der Waals surface area contributed by atoms with Crippen molar-refractivity contribution in [2.45, 2.75) is 31.1 Å². The van der Waals surface area contributed by atoms with E-state index < -0.39 is 0 Å². The van der Waals surface area contributed by atoms with Gasteiger partial charge in [0, 0.05) is 38.3 Å². The maximum atomic E-state index is 4.35. The third-order valence-electron chi connectivity index (χ3n) is 4.92. The summed E-state index contributed by atoms with van der Waals surface area (Å²) in [4.78, 5) is 8.61. The van der Waals surface area contributed by atoms with Gasteiger partial charge in [0.2, 0.25) is 0 Å². The molecule has 2 aromatic rings. The molecule has 1 heterocycles. The van der Waals surface area contributed by atoms with Crippen molar-refractivity contribution in [1.82, 2.24) is 15.6 Å². The van der Waals surface area contributed by atoms with Gasteiger partial charge in [-0.25, -0.2) is 4.98 Å². The number of hydrogen-bond donors (Lipinski definition) is 3. The second kappa shape index (κ2) is 9.22. The summed E-state index contributed by atoms with van der Waals surface area (Å²) in [6.07, 6.45) is 6.49. The number of benzene rings is 1. The number of nitrogens with zero attached hydrogens (tertiary/aromatic N) is 2. The lowest BCUT2D eigenvalue weighted by Gasteiger charge is -2.19. The predicted octanol–water partition coefficient (Wildman–Crippen LogP) is 3.17. The highest BCUT2D eigenvalue weighted by Gasteiger charge is 2.43. The Kier molecular flexibility index (Phi) is 6.47. The molecule has 3 N–H and O–H groups in total. The van der Waals surface area contributed by atoms with Crippen LogP contribution in [0.25, 0.3) is 0 Å². The summed E-state index contributed by atoms with van der Waals surface area (Å²) in [7, 11) is 1.83. The van der Waals surface area contributed by atoms with Crippen LogP contribution in [0.15, 0.2) is 59.7 Å². The Morgan fingerprint density at radius 1 is 1.00 bits per heavy atom. The van der Waals surface area contributed by atoms with E-state index in [4.69, 9.17) is 0 Å². The summed E-state index contributed by atoms with van der Waals surface area (Å²) in [6.45, 7) is 2.79. The van der Waals surface area contributed by atoms with Gasteiger partial charge in [0.05, 0.1) is 0 Å². The monoisotopic (exact) mass is 351 g/mol. The first-order valence-corrected chi connectivity index (χ1v) is 9.47. The lowest BCUT2D eigenvalue weighted by Crippen LogP contribution is -2.41. The molecule has 3 rings (SSSR count). The zero-order valence-electron chi connectivity index (χ0n) is 15.5. The molecule has 1 aliphatic carbocycles. The molecule has 0 atom stereocenters. The van der Waals surface area contributed by atoms with Crippen molar-refractivity contribution in [3.8, 4) is 0 Å². The molecule has 1 aromatic heterocycles. The topological polar surface area (TPSA) is 61.3 Å². The second-order valence-electron chi connectivity index (χ2n) is 6.85. The maximum absolute atomic E-state index is 4.35. The van der Waals surface area contributed by atoms with Crippen LogP contribution in [0, 0.1) is 0 Å². The van der Waals surface area contributed by atoms with Gasteiger partial charge in [0.1, 0.15) is 5.82 Å². The summed E-state index contributed by atoms with van der Waals surface area (Å²) >= 11 is 0. The number of guanidine groups is 1. The van der Waals surface area contributed by atoms with Gasteiger partial charge in [-0.3, -0.25) is 4.99 Å². The van der Waals surface area contributed by atoms with Crippen LogP contribution >= 0.6 is 0 Å². The zero-order valence-corrected chi connectivity index (χ0v) is 15.5. The number of hydrogen-bond acceptors (Lipinski definition) is 3. The highest BCUT2D eigenvalue weighted by molar-refractivity contribution is 5.79. The van der Waals surface area contributed by atoms with Crippen molar-refractivity contribution in [2.75, 3.05) is 32.0 Å². The van der Waals surface area contributed by atoms with Gasteiger partial charge in [0.25, 0.3) is 0 Å². The molecular weight excluding hydrogens is 322 g/mol. The molecule has 0 radical (unpaired) electrons. The van der Waals surface area contributed by atoms with E-state index in [0.29, 0.717) is 5.41 Å². The molecule has 1 saturated carbocycles. The Bertz CT molecular complexity index is 680. The molecule has 1 aliphatic rings. The molecule has 5 nitrogen and oxygen atoms in total. The van der Waals surface area contributed by atoms with Gasteiger partial charge in [0.15, 0.2) is 5.96 Å². The van der Waals surface area contributed by atoms with Crippen molar-refractivity contribution in [1.29, 1.82) is 0 Å².